The molecule has 15 heavy (non-hydrogen) atoms. The van der Waals surface area contributed by atoms with Crippen molar-refractivity contribution in [3.05, 3.63) is 11.1 Å². The van der Waals surface area contributed by atoms with E-state index >= 15 is 0 Å². The van der Waals surface area contributed by atoms with E-state index in [1.54, 1.807) is 20.3 Å². The summed E-state index contributed by atoms with van der Waals surface area (Å²) in [5, 5.41) is 0.973. The molecular formula is C9H9ClN2O2S. The van der Waals surface area contributed by atoms with E-state index in [4.69, 9.17) is 26.8 Å². The molecule has 0 aliphatic heterocycles. The van der Waals surface area contributed by atoms with Gasteiger partial charge in [0.1, 0.15) is 22.0 Å². The van der Waals surface area contributed by atoms with Crippen molar-refractivity contribution in [1.29, 1.82) is 0 Å². The summed E-state index contributed by atoms with van der Waals surface area (Å²) in [5.74, 6) is 1.17. The Labute approximate surface area is 95.6 Å². The Morgan fingerprint density at radius 2 is 2.00 bits per heavy atom. The molecule has 2 rings (SSSR count). The third kappa shape index (κ3) is 1.57. The normalized spacial score (nSPS) is 10.6. The van der Waals surface area contributed by atoms with Gasteiger partial charge in [0.15, 0.2) is 5.13 Å². The van der Waals surface area contributed by atoms with E-state index in [9.17, 15) is 0 Å². The summed E-state index contributed by atoms with van der Waals surface area (Å²) >= 11 is 7.43. The molecular weight excluding hydrogens is 236 g/mol. The van der Waals surface area contributed by atoms with E-state index in [2.05, 4.69) is 4.98 Å². The van der Waals surface area contributed by atoms with Crippen LogP contribution in [-0.4, -0.2) is 19.2 Å². The number of nitrogens with two attached hydrogens (primary N) is 1. The standard InChI is InChI=1S/C9H9ClN2O2S/c1-13-4-3-5(14-2)7-8(6(4)10)15-9(11)12-7/h3H,1-2H3,(H2,11,12). The molecule has 0 spiro atoms. The van der Waals surface area contributed by atoms with Gasteiger partial charge in [-0.3, -0.25) is 0 Å². The lowest BCUT2D eigenvalue weighted by Crippen LogP contribution is -1.89. The number of nitrogens with zero attached hydrogens (tertiary/aromatic N) is 1. The van der Waals surface area contributed by atoms with Crippen LogP contribution in [0.15, 0.2) is 6.07 Å². The highest BCUT2D eigenvalue weighted by Gasteiger charge is 2.15. The van der Waals surface area contributed by atoms with Gasteiger partial charge in [-0.25, -0.2) is 4.98 Å². The Balaban J connectivity index is 2.83. The number of hydrogen-bond acceptors (Lipinski definition) is 5. The maximum atomic E-state index is 6.12. The average Bonchev–Trinajstić information content (AvgIpc) is 2.61. The first kappa shape index (κ1) is 10.3. The predicted octanol–water partition coefficient (Wildman–Crippen LogP) is 2.55. The fourth-order valence-electron chi connectivity index (χ4n) is 1.32. The highest BCUT2D eigenvalue weighted by atomic mass is 35.5. The predicted molar refractivity (Wildman–Crippen MR) is 62.1 cm³/mol. The molecule has 0 saturated heterocycles. The number of thiazole rings is 1. The summed E-state index contributed by atoms with van der Waals surface area (Å²) in [5.41, 5.74) is 6.30. The van der Waals surface area contributed by atoms with Gasteiger partial charge >= 0.3 is 0 Å². The molecule has 0 fully saturated rings. The number of aromatic nitrogens is 1. The molecule has 0 unspecified atom stereocenters. The van der Waals surface area contributed by atoms with Crippen LogP contribution in [0, 0.1) is 0 Å². The van der Waals surface area contributed by atoms with Crippen molar-refractivity contribution >= 4 is 38.3 Å². The summed E-state index contributed by atoms with van der Waals surface area (Å²) in [6.45, 7) is 0. The van der Waals surface area contributed by atoms with E-state index in [0.29, 0.717) is 27.2 Å². The minimum atomic E-state index is 0.457. The van der Waals surface area contributed by atoms with E-state index in [1.807, 2.05) is 0 Å². The maximum absolute atomic E-state index is 6.12. The molecule has 1 aromatic heterocycles. The fraction of sp³-hybridized carbons (Fsp3) is 0.222. The van der Waals surface area contributed by atoms with Crippen LogP contribution in [0.4, 0.5) is 5.13 Å². The number of nitrogen functional groups attached to an aromatic ring is 1. The zero-order valence-corrected chi connectivity index (χ0v) is 9.78. The smallest absolute Gasteiger partial charge is 0.181 e. The van der Waals surface area contributed by atoms with E-state index in [0.717, 1.165) is 4.70 Å². The van der Waals surface area contributed by atoms with Gasteiger partial charge in [-0.2, -0.15) is 0 Å². The van der Waals surface area contributed by atoms with Gasteiger partial charge in [-0.1, -0.05) is 22.9 Å². The topological polar surface area (TPSA) is 57.4 Å². The Kier molecular flexibility index (Phi) is 2.58. The molecule has 6 heteroatoms. The lowest BCUT2D eigenvalue weighted by molar-refractivity contribution is 0.398. The van der Waals surface area contributed by atoms with Gasteiger partial charge in [0.2, 0.25) is 0 Å². The lowest BCUT2D eigenvalue weighted by atomic mass is 10.3. The zero-order valence-electron chi connectivity index (χ0n) is 8.20. The largest absolute Gasteiger partial charge is 0.495 e. The maximum Gasteiger partial charge on any atom is 0.181 e. The highest BCUT2D eigenvalue weighted by molar-refractivity contribution is 7.22. The van der Waals surface area contributed by atoms with E-state index in [1.165, 1.54) is 11.3 Å². The van der Waals surface area contributed by atoms with Crippen LogP contribution in [0.5, 0.6) is 11.5 Å². The molecule has 0 bridgehead atoms. The van der Waals surface area contributed by atoms with Crippen molar-refractivity contribution in [1.82, 2.24) is 4.98 Å². The van der Waals surface area contributed by atoms with E-state index < -0.39 is 0 Å². The quantitative estimate of drug-likeness (QED) is 0.882. The van der Waals surface area contributed by atoms with Gasteiger partial charge in [0, 0.05) is 6.07 Å². The minimum absolute atomic E-state index is 0.457. The third-order valence-corrected chi connectivity index (χ3v) is 3.38. The summed E-state index contributed by atoms with van der Waals surface area (Å²) in [4.78, 5) is 4.15. The van der Waals surface area contributed by atoms with Gasteiger partial charge in [0.05, 0.1) is 18.9 Å². The highest BCUT2D eigenvalue weighted by Crippen LogP contribution is 2.42. The molecule has 0 saturated carbocycles. The summed E-state index contributed by atoms with van der Waals surface area (Å²) in [6, 6.07) is 1.70. The number of rotatable bonds is 2. The fourth-order valence-corrected chi connectivity index (χ4v) is 2.44. The summed E-state index contributed by atoms with van der Waals surface area (Å²) in [7, 11) is 3.12. The van der Waals surface area contributed by atoms with Crippen LogP contribution in [0.3, 0.4) is 0 Å². The zero-order chi connectivity index (χ0) is 11.0. The number of fused-ring (bicyclic) bond motifs is 1. The third-order valence-electron chi connectivity index (χ3n) is 1.99. The van der Waals surface area contributed by atoms with Gasteiger partial charge in [-0.05, 0) is 0 Å². The SMILES string of the molecule is COc1cc(OC)c2nc(N)sc2c1Cl. The number of halogens is 1. The van der Waals surface area contributed by atoms with Crippen LogP contribution in [-0.2, 0) is 0 Å². The number of benzene rings is 1. The molecule has 0 amide bonds. The van der Waals surface area contributed by atoms with Crippen molar-refractivity contribution < 1.29 is 9.47 Å². The van der Waals surface area contributed by atoms with Crippen molar-refractivity contribution in [3.63, 3.8) is 0 Å². The number of hydrogen-bond donors (Lipinski definition) is 1. The Morgan fingerprint density at radius 1 is 1.33 bits per heavy atom. The molecule has 80 valence electrons. The molecule has 0 atom stereocenters. The summed E-state index contributed by atoms with van der Waals surface area (Å²) in [6.07, 6.45) is 0. The van der Waals surface area contributed by atoms with Crippen molar-refractivity contribution in [2.24, 2.45) is 0 Å². The van der Waals surface area contributed by atoms with Crippen molar-refractivity contribution in [3.8, 4) is 11.5 Å². The van der Waals surface area contributed by atoms with Crippen molar-refractivity contribution in [2.45, 2.75) is 0 Å². The second kappa shape index (κ2) is 3.75. The number of anilines is 1. The minimum Gasteiger partial charge on any atom is -0.495 e. The molecule has 0 aliphatic rings. The Hall–Kier alpha value is -1.20. The van der Waals surface area contributed by atoms with E-state index in [-0.39, 0.29) is 0 Å². The first-order valence-corrected chi connectivity index (χ1v) is 5.33. The van der Waals surface area contributed by atoms with Crippen molar-refractivity contribution in [2.75, 3.05) is 20.0 Å². The second-order valence-corrected chi connectivity index (χ2v) is 4.23. The molecule has 0 aliphatic carbocycles. The molecule has 2 N–H and O–H groups in total. The van der Waals surface area contributed by atoms with Crippen LogP contribution in [0.1, 0.15) is 0 Å². The van der Waals surface area contributed by atoms with Gasteiger partial charge in [0.25, 0.3) is 0 Å². The molecule has 4 nitrogen and oxygen atoms in total. The first-order valence-electron chi connectivity index (χ1n) is 4.14. The van der Waals surface area contributed by atoms with Crippen LogP contribution >= 0.6 is 22.9 Å². The molecule has 0 radical (unpaired) electrons. The molecule has 1 heterocycles. The Bertz CT molecular complexity index is 512. The van der Waals surface area contributed by atoms with Gasteiger partial charge in [-0.15, -0.1) is 0 Å². The monoisotopic (exact) mass is 244 g/mol. The van der Waals surface area contributed by atoms with Crippen LogP contribution in [0.2, 0.25) is 5.02 Å². The number of methoxy groups -OCH3 is 2. The molecule has 2 aromatic rings. The second-order valence-electron chi connectivity index (χ2n) is 2.82. The lowest BCUT2D eigenvalue weighted by Gasteiger charge is -2.06. The van der Waals surface area contributed by atoms with Crippen LogP contribution < -0.4 is 15.2 Å². The van der Waals surface area contributed by atoms with Crippen LogP contribution in [0.25, 0.3) is 10.2 Å². The first-order chi connectivity index (χ1) is 7.17. The van der Waals surface area contributed by atoms with Gasteiger partial charge < -0.3 is 15.2 Å². The molecule has 1 aromatic carbocycles. The average molecular weight is 245 g/mol. The summed E-state index contributed by atoms with van der Waals surface area (Å²) < 4.78 is 11.1. The number of ether oxygens (including phenoxy) is 2. The Morgan fingerprint density at radius 3 is 2.60 bits per heavy atom.